The summed E-state index contributed by atoms with van der Waals surface area (Å²) >= 11 is 0. The zero-order valence-electron chi connectivity index (χ0n) is 17.7. The molecular weight excluding hydrogens is 370 g/mol. The van der Waals surface area contributed by atoms with Gasteiger partial charge in [0.25, 0.3) is 0 Å². The van der Waals surface area contributed by atoms with Gasteiger partial charge in [0.1, 0.15) is 23.1 Å². The fourth-order valence-corrected chi connectivity index (χ4v) is 3.43. The normalized spacial score (nSPS) is 12.9. The highest BCUT2D eigenvalue weighted by atomic mass is 16.5. The highest BCUT2D eigenvalue weighted by Gasteiger charge is 2.18. The van der Waals surface area contributed by atoms with Crippen LogP contribution in [0.1, 0.15) is 26.9 Å². The Morgan fingerprint density at radius 2 is 2.07 bits per heavy atom. The van der Waals surface area contributed by atoms with Gasteiger partial charge in [0.05, 0.1) is 19.2 Å². The lowest BCUT2D eigenvalue weighted by Crippen LogP contribution is -2.39. The number of hydrogen-bond acceptors (Lipinski definition) is 6. The average molecular weight is 399 g/mol. The predicted octanol–water partition coefficient (Wildman–Crippen LogP) is 2.63. The molecule has 1 aromatic heterocycles. The van der Waals surface area contributed by atoms with Gasteiger partial charge in [-0.25, -0.2) is 0 Å². The minimum atomic E-state index is -0.492. The molecule has 0 saturated heterocycles. The van der Waals surface area contributed by atoms with Crippen molar-refractivity contribution < 1.29 is 15.3 Å². The van der Waals surface area contributed by atoms with E-state index < -0.39 is 6.17 Å². The third kappa shape index (κ3) is 4.41. The van der Waals surface area contributed by atoms with E-state index in [9.17, 15) is 9.59 Å². The number of amides is 1. The minimum Gasteiger partial charge on any atom is -0.497 e. The number of hydrogen-bond donors (Lipinski definition) is 2. The lowest BCUT2D eigenvalue weighted by atomic mass is 10.1. The summed E-state index contributed by atoms with van der Waals surface area (Å²) in [6.07, 6.45) is 0.144. The van der Waals surface area contributed by atoms with E-state index >= 15 is 0 Å². The van der Waals surface area contributed by atoms with Crippen molar-refractivity contribution in [2.75, 3.05) is 33.3 Å². The highest BCUT2D eigenvalue weighted by Crippen LogP contribution is 2.27. The molecule has 0 aliphatic heterocycles. The Morgan fingerprint density at radius 3 is 2.79 bits per heavy atom. The molecule has 1 atom stereocenters. The van der Waals surface area contributed by atoms with Gasteiger partial charge >= 0.3 is 0 Å². The van der Waals surface area contributed by atoms with Crippen molar-refractivity contribution in [1.29, 1.82) is 0 Å². The molecule has 1 amide bonds. The van der Waals surface area contributed by atoms with Crippen molar-refractivity contribution in [2.45, 2.75) is 20.0 Å². The fourth-order valence-electron chi connectivity index (χ4n) is 3.43. The van der Waals surface area contributed by atoms with Crippen LogP contribution in [-0.4, -0.2) is 44.6 Å². The van der Waals surface area contributed by atoms with Gasteiger partial charge in [-0.1, -0.05) is 26.0 Å². The van der Waals surface area contributed by atoms with E-state index in [0.29, 0.717) is 46.2 Å². The lowest BCUT2D eigenvalue weighted by Gasteiger charge is -2.23. The highest BCUT2D eigenvalue weighted by molar-refractivity contribution is 5.91. The molecule has 7 nitrogen and oxygen atoms in total. The number of rotatable bonds is 10. The first-order chi connectivity index (χ1) is 14.6. The fraction of sp³-hybridized carbons (Fsp3) is 0.364. The van der Waals surface area contributed by atoms with E-state index in [1.165, 1.54) is 0 Å². The molecule has 0 aliphatic carbocycles. The van der Waals surface area contributed by atoms with Crippen LogP contribution in [0, 0.1) is 0 Å². The van der Waals surface area contributed by atoms with Gasteiger partial charge in [0.15, 0.2) is 0 Å². The molecule has 0 radical (unpaired) electrons. The summed E-state index contributed by atoms with van der Waals surface area (Å²) in [4.78, 5) is 26.6. The van der Waals surface area contributed by atoms with E-state index in [4.69, 9.17) is 10.5 Å². The molecule has 2 aromatic carbocycles. The Kier molecular flexibility index (Phi) is 6.38. The first-order valence-corrected chi connectivity index (χ1v) is 9.69. The van der Waals surface area contributed by atoms with Gasteiger partial charge < -0.3 is 19.4 Å². The number of carbonyl (C=O) groups is 1. The monoisotopic (exact) mass is 399 g/mol. The maximum Gasteiger partial charge on any atom is 0.208 e. The number of methoxy groups -OCH3 is 1. The van der Waals surface area contributed by atoms with Crippen LogP contribution >= 0.6 is 0 Å². The average Bonchev–Trinajstić information content (AvgIpc) is 2.76. The first kappa shape index (κ1) is 19.4. The summed E-state index contributed by atoms with van der Waals surface area (Å²) in [6, 6.07) is 10.2. The number of fused-ring (bicyclic) bond motifs is 2. The maximum atomic E-state index is 13.1. The largest absolute Gasteiger partial charge is 0.497 e. The van der Waals surface area contributed by atoms with Crippen LogP contribution in [0.3, 0.4) is 0 Å². The summed E-state index contributed by atoms with van der Waals surface area (Å²) in [5.41, 5.74) is 1.35. The van der Waals surface area contributed by atoms with Crippen LogP contribution in [0.2, 0.25) is 0 Å². The molecule has 7 heteroatoms. The van der Waals surface area contributed by atoms with E-state index in [0.717, 1.165) is 19.6 Å². The van der Waals surface area contributed by atoms with Crippen LogP contribution in [0.25, 0.3) is 21.9 Å². The Bertz CT molecular complexity index is 1070. The number of carbonyl (C=O) groups excluding carboxylic acids is 1. The predicted molar refractivity (Wildman–Crippen MR) is 114 cm³/mol. The third-order valence-electron chi connectivity index (χ3n) is 5.08. The smallest absolute Gasteiger partial charge is 0.208 e. The Morgan fingerprint density at radius 1 is 1.24 bits per heavy atom. The molecule has 0 aliphatic rings. The van der Waals surface area contributed by atoms with Crippen molar-refractivity contribution in [1.82, 2.24) is 15.5 Å². The van der Waals surface area contributed by atoms with Gasteiger partial charge in [-0.15, -0.1) is 0 Å². The molecule has 1 unspecified atom stereocenters. The molecule has 0 spiro atoms. The van der Waals surface area contributed by atoms with Crippen molar-refractivity contribution in [3.05, 3.63) is 52.2 Å². The van der Waals surface area contributed by atoms with E-state index in [-0.39, 0.29) is 12.5 Å². The van der Waals surface area contributed by atoms with Gasteiger partial charge in [-0.05, 0) is 37.4 Å². The van der Waals surface area contributed by atoms with Crippen LogP contribution < -0.4 is 20.8 Å². The van der Waals surface area contributed by atoms with E-state index in [1.54, 1.807) is 30.3 Å². The molecule has 0 bridgehead atoms. The Balaban J connectivity index is 2.01. The van der Waals surface area contributed by atoms with Gasteiger partial charge in [-0.2, -0.15) is 0 Å². The molecule has 154 valence electrons. The number of likely N-dealkylation sites (N-methyl/N-ethyl adjacent to an activating group) is 1. The molecule has 0 saturated carbocycles. The zero-order chi connectivity index (χ0) is 21.5. The standard InChI is InChI=1S/C22H27N3O4/c1-4-25(5-2)12-11-23-22(24-14-26)17-8-6-7-16-20(27)18-13-15(28-3)9-10-19(18)29-21(16)17/h6-10,13-14,22-23H,4-5,11-12H2,1-3H3,(H,24,26)/i3T. The van der Waals surface area contributed by atoms with Crippen molar-refractivity contribution in [3.8, 4) is 5.75 Å². The molecular formula is C22H27N3O4. The number of nitrogens with zero attached hydrogens (tertiary/aromatic N) is 1. The minimum absolute atomic E-state index is 0.184. The molecule has 0 fully saturated rings. The van der Waals surface area contributed by atoms with Crippen molar-refractivity contribution in [3.63, 3.8) is 0 Å². The summed E-state index contributed by atoms with van der Waals surface area (Å²) in [5.74, 6) is 0.443. The van der Waals surface area contributed by atoms with E-state index in [2.05, 4.69) is 29.4 Å². The maximum absolute atomic E-state index is 13.1. The van der Waals surface area contributed by atoms with Gasteiger partial charge in [-0.3, -0.25) is 14.9 Å². The van der Waals surface area contributed by atoms with Crippen LogP contribution in [0.4, 0.5) is 0 Å². The van der Waals surface area contributed by atoms with Crippen LogP contribution in [0.15, 0.2) is 45.6 Å². The molecule has 3 rings (SSSR count). The molecule has 3 aromatic rings. The number of ether oxygens (including phenoxy) is 1. The quantitative estimate of drug-likeness (QED) is 0.310. The zero-order valence-corrected chi connectivity index (χ0v) is 16.7. The third-order valence-corrected chi connectivity index (χ3v) is 5.08. The molecule has 2 N–H and O–H groups in total. The topological polar surface area (TPSA) is 83.8 Å². The van der Waals surface area contributed by atoms with Crippen LogP contribution in [-0.2, 0) is 4.79 Å². The van der Waals surface area contributed by atoms with Crippen molar-refractivity contribution >= 4 is 28.3 Å². The SMILES string of the molecule is [3H]COc1ccc2oc3c(C(NC=O)NCCN(CC)CC)cccc3c(=O)c2c1. The summed E-state index contributed by atoms with van der Waals surface area (Å²) in [7, 11) is -0.229. The Labute approximate surface area is 171 Å². The molecule has 1 heterocycles. The number of nitrogens with one attached hydrogen (secondary N) is 2. The van der Waals surface area contributed by atoms with E-state index in [1.807, 2.05) is 6.07 Å². The Hall–Kier alpha value is -2.90. The van der Waals surface area contributed by atoms with Gasteiger partial charge in [0, 0.05) is 18.7 Å². The summed E-state index contributed by atoms with van der Waals surface area (Å²) in [5, 5.41) is 6.93. The van der Waals surface area contributed by atoms with Crippen molar-refractivity contribution in [2.24, 2.45) is 0 Å². The number of benzene rings is 2. The second-order valence-electron chi connectivity index (χ2n) is 6.66. The molecule has 29 heavy (non-hydrogen) atoms. The summed E-state index contributed by atoms with van der Waals surface area (Å²) < 4.78 is 18.4. The number of para-hydroxylation sites is 1. The lowest BCUT2D eigenvalue weighted by molar-refractivity contribution is -0.110. The van der Waals surface area contributed by atoms with Crippen LogP contribution in [0.5, 0.6) is 5.75 Å². The first-order valence-electron chi connectivity index (χ1n) is 10.4. The summed E-state index contributed by atoms with van der Waals surface area (Å²) in [6.45, 7) is 7.61. The van der Waals surface area contributed by atoms with Gasteiger partial charge in [0.2, 0.25) is 11.8 Å². The second-order valence-corrected chi connectivity index (χ2v) is 6.66. The second kappa shape index (κ2) is 9.54.